The lowest BCUT2D eigenvalue weighted by Crippen LogP contribution is -2.45. The van der Waals surface area contributed by atoms with Crippen molar-refractivity contribution in [3.8, 4) is 0 Å². The van der Waals surface area contributed by atoms with Crippen LogP contribution in [0.5, 0.6) is 0 Å². The van der Waals surface area contributed by atoms with Crippen LogP contribution in [-0.4, -0.2) is 59.2 Å². The van der Waals surface area contributed by atoms with E-state index in [0.717, 1.165) is 13.0 Å². The van der Waals surface area contributed by atoms with Gasteiger partial charge >= 0.3 is 0 Å². The molecule has 0 radical (unpaired) electrons. The Morgan fingerprint density at radius 3 is 2.12 bits per heavy atom. The summed E-state index contributed by atoms with van der Waals surface area (Å²) in [6.07, 6.45) is 5.03. The standard InChI is InChI=1S/C19H29N3O3/c1-11(2)21(12(3)4)8-7-20-15(23)10-22-18(24)16-13-5-6-14(9-13)17(16)19(22)25/h5-6,11-14,16-17H,7-10H2,1-4H3,(H,20,23). The fourth-order valence-corrected chi connectivity index (χ4v) is 4.76. The SMILES string of the molecule is CC(C)N(CCNC(=O)CN1C(=O)C2C3C=CC(C3)C2C1=O)C(C)C. The van der Waals surface area contributed by atoms with Gasteiger partial charge in [-0.3, -0.25) is 24.2 Å². The maximum Gasteiger partial charge on any atom is 0.240 e. The monoisotopic (exact) mass is 347 g/mol. The summed E-state index contributed by atoms with van der Waals surface area (Å²) in [6.45, 7) is 9.64. The first-order valence-electron chi connectivity index (χ1n) is 9.37. The number of likely N-dealkylation sites (tertiary alicyclic amines) is 1. The van der Waals surface area contributed by atoms with Crippen molar-refractivity contribution in [3.05, 3.63) is 12.2 Å². The Morgan fingerprint density at radius 1 is 1.12 bits per heavy atom. The number of imide groups is 1. The molecule has 1 saturated carbocycles. The molecule has 0 aromatic heterocycles. The van der Waals surface area contributed by atoms with Gasteiger partial charge in [-0.25, -0.2) is 0 Å². The largest absolute Gasteiger partial charge is 0.353 e. The lowest BCUT2D eigenvalue weighted by atomic mass is 9.85. The van der Waals surface area contributed by atoms with Gasteiger partial charge < -0.3 is 5.32 Å². The summed E-state index contributed by atoms with van der Waals surface area (Å²) in [7, 11) is 0. The molecule has 2 bridgehead atoms. The van der Waals surface area contributed by atoms with Crippen LogP contribution in [0, 0.1) is 23.7 Å². The average molecular weight is 347 g/mol. The van der Waals surface area contributed by atoms with E-state index in [1.54, 1.807) is 0 Å². The molecule has 1 aliphatic heterocycles. The van der Waals surface area contributed by atoms with Crippen LogP contribution in [0.3, 0.4) is 0 Å². The molecule has 0 spiro atoms. The first-order valence-corrected chi connectivity index (χ1v) is 9.37. The molecular weight excluding hydrogens is 318 g/mol. The van der Waals surface area contributed by atoms with Gasteiger partial charge in [0.05, 0.1) is 11.8 Å². The molecule has 3 rings (SSSR count). The van der Waals surface area contributed by atoms with E-state index in [1.807, 2.05) is 0 Å². The Bertz CT molecular complexity index is 561. The second-order valence-corrected chi connectivity index (χ2v) is 8.04. The third-order valence-electron chi connectivity index (χ3n) is 5.88. The Kier molecular flexibility index (Phi) is 5.00. The quantitative estimate of drug-likeness (QED) is 0.552. The van der Waals surface area contributed by atoms with Crippen molar-refractivity contribution in [2.75, 3.05) is 19.6 Å². The molecule has 4 unspecified atom stereocenters. The molecule has 2 fully saturated rings. The first-order chi connectivity index (χ1) is 11.8. The highest BCUT2D eigenvalue weighted by atomic mass is 16.2. The van der Waals surface area contributed by atoms with Crippen LogP contribution in [0.25, 0.3) is 0 Å². The molecule has 6 heteroatoms. The molecule has 1 saturated heterocycles. The van der Waals surface area contributed by atoms with Crippen molar-refractivity contribution >= 4 is 17.7 Å². The number of hydrogen-bond acceptors (Lipinski definition) is 4. The predicted molar refractivity (Wildman–Crippen MR) is 94.4 cm³/mol. The van der Waals surface area contributed by atoms with E-state index in [4.69, 9.17) is 0 Å². The van der Waals surface area contributed by atoms with Gasteiger partial charge in [-0.05, 0) is 46.0 Å². The summed E-state index contributed by atoms with van der Waals surface area (Å²) < 4.78 is 0. The second kappa shape index (κ2) is 6.90. The number of rotatable bonds is 7. The zero-order valence-corrected chi connectivity index (χ0v) is 15.6. The molecule has 6 nitrogen and oxygen atoms in total. The molecule has 1 heterocycles. The molecule has 3 amide bonds. The van der Waals surface area contributed by atoms with Gasteiger partial charge in [-0.2, -0.15) is 0 Å². The van der Waals surface area contributed by atoms with E-state index in [-0.39, 0.29) is 47.9 Å². The zero-order chi connectivity index (χ0) is 18.3. The molecular formula is C19H29N3O3. The Morgan fingerprint density at radius 2 is 1.64 bits per heavy atom. The van der Waals surface area contributed by atoms with E-state index >= 15 is 0 Å². The minimum atomic E-state index is -0.255. The molecule has 138 valence electrons. The molecule has 4 atom stereocenters. The number of carbonyl (C=O) groups is 3. The fraction of sp³-hybridized carbons (Fsp3) is 0.737. The van der Waals surface area contributed by atoms with Gasteiger partial charge in [-0.15, -0.1) is 0 Å². The Labute approximate surface area is 149 Å². The summed E-state index contributed by atoms with van der Waals surface area (Å²) in [4.78, 5) is 40.8. The smallest absolute Gasteiger partial charge is 0.240 e. The van der Waals surface area contributed by atoms with Gasteiger partial charge in [0.15, 0.2) is 0 Å². The van der Waals surface area contributed by atoms with Crippen LogP contribution in [0.4, 0.5) is 0 Å². The van der Waals surface area contributed by atoms with E-state index in [0.29, 0.717) is 18.6 Å². The number of allylic oxidation sites excluding steroid dienone is 2. The maximum atomic E-state index is 12.6. The molecule has 25 heavy (non-hydrogen) atoms. The third-order valence-corrected chi connectivity index (χ3v) is 5.88. The molecule has 1 N–H and O–H groups in total. The molecule has 0 aromatic carbocycles. The summed E-state index contributed by atoms with van der Waals surface area (Å²) in [5, 5.41) is 2.85. The highest BCUT2D eigenvalue weighted by molar-refractivity contribution is 6.08. The second-order valence-electron chi connectivity index (χ2n) is 8.04. The van der Waals surface area contributed by atoms with E-state index in [2.05, 4.69) is 50.1 Å². The van der Waals surface area contributed by atoms with E-state index < -0.39 is 0 Å². The minimum Gasteiger partial charge on any atom is -0.353 e. The highest BCUT2D eigenvalue weighted by Crippen LogP contribution is 2.52. The van der Waals surface area contributed by atoms with Gasteiger partial charge in [0.25, 0.3) is 0 Å². The third kappa shape index (κ3) is 3.24. The van der Waals surface area contributed by atoms with Crippen molar-refractivity contribution in [2.24, 2.45) is 23.7 Å². The van der Waals surface area contributed by atoms with Crippen molar-refractivity contribution < 1.29 is 14.4 Å². The van der Waals surface area contributed by atoms with Crippen molar-refractivity contribution in [3.63, 3.8) is 0 Å². The summed E-state index contributed by atoms with van der Waals surface area (Å²) in [5.41, 5.74) is 0. The normalized spacial score (nSPS) is 30.3. The molecule has 0 aromatic rings. The predicted octanol–water partition coefficient (Wildman–Crippen LogP) is 1.03. The number of carbonyl (C=O) groups excluding carboxylic acids is 3. The van der Waals surface area contributed by atoms with Gasteiger partial charge in [0.1, 0.15) is 6.54 Å². The van der Waals surface area contributed by atoms with Crippen LogP contribution in [-0.2, 0) is 14.4 Å². The minimum absolute atomic E-state index is 0.145. The van der Waals surface area contributed by atoms with Crippen LogP contribution in [0.15, 0.2) is 12.2 Å². The number of nitrogens with one attached hydrogen (secondary N) is 1. The van der Waals surface area contributed by atoms with Crippen LogP contribution in [0.2, 0.25) is 0 Å². The van der Waals surface area contributed by atoms with Gasteiger partial charge in [0, 0.05) is 25.2 Å². The van der Waals surface area contributed by atoms with Crippen molar-refractivity contribution in [1.29, 1.82) is 0 Å². The van der Waals surface area contributed by atoms with E-state index in [9.17, 15) is 14.4 Å². The Hall–Kier alpha value is -1.69. The summed E-state index contributed by atoms with van der Waals surface area (Å²) in [5.74, 6) is -0.661. The lowest BCUT2D eigenvalue weighted by Gasteiger charge is -2.30. The highest BCUT2D eigenvalue weighted by Gasteiger charge is 2.59. The van der Waals surface area contributed by atoms with Crippen molar-refractivity contribution in [2.45, 2.75) is 46.2 Å². The average Bonchev–Trinajstić information content (AvgIpc) is 3.20. The van der Waals surface area contributed by atoms with E-state index in [1.165, 1.54) is 4.90 Å². The maximum absolute atomic E-state index is 12.6. The first kappa shape index (κ1) is 18.1. The zero-order valence-electron chi connectivity index (χ0n) is 15.6. The van der Waals surface area contributed by atoms with Crippen LogP contribution in [0.1, 0.15) is 34.1 Å². The van der Waals surface area contributed by atoms with Gasteiger partial charge in [0.2, 0.25) is 17.7 Å². The fourth-order valence-electron chi connectivity index (χ4n) is 4.76. The molecule has 2 aliphatic carbocycles. The van der Waals surface area contributed by atoms with Gasteiger partial charge in [-0.1, -0.05) is 12.2 Å². The van der Waals surface area contributed by atoms with Crippen LogP contribution >= 0.6 is 0 Å². The van der Waals surface area contributed by atoms with Crippen LogP contribution < -0.4 is 5.32 Å². The number of amides is 3. The summed E-state index contributed by atoms with van der Waals surface area (Å²) >= 11 is 0. The summed E-state index contributed by atoms with van der Waals surface area (Å²) in [6, 6.07) is 0.807. The Balaban J connectivity index is 1.51. The lowest BCUT2D eigenvalue weighted by molar-refractivity contribution is -0.144. The van der Waals surface area contributed by atoms with Crippen molar-refractivity contribution in [1.82, 2.24) is 15.1 Å². The number of fused-ring (bicyclic) bond motifs is 5. The number of hydrogen-bond donors (Lipinski definition) is 1. The molecule has 3 aliphatic rings. The topological polar surface area (TPSA) is 69.7 Å². The number of nitrogens with zero attached hydrogens (tertiary/aromatic N) is 2.